The molecule has 8 heteroatoms. The number of anilines is 2. The first-order valence-corrected chi connectivity index (χ1v) is 13.9. The first kappa shape index (κ1) is 27.8. The number of ketones is 1. The van der Waals surface area contributed by atoms with E-state index in [1.165, 1.54) is 5.56 Å². The van der Waals surface area contributed by atoms with Crippen LogP contribution >= 0.6 is 0 Å². The number of imidazole rings is 1. The number of fused-ring (bicyclic) bond motifs is 1. The number of hydrogen-bond donors (Lipinski definition) is 1. The molecule has 0 amide bonds. The molecule has 1 aliphatic heterocycles. The molecule has 40 heavy (non-hydrogen) atoms. The van der Waals surface area contributed by atoms with Crippen LogP contribution in [-0.2, 0) is 28.4 Å². The van der Waals surface area contributed by atoms with E-state index in [-0.39, 0.29) is 29.8 Å². The Hall–Kier alpha value is -3.75. The minimum atomic E-state index is 0.0660. The van der Waals surface area contributed by atoms with Crippen molar-refractivity contribution in [3.8, 4) is 11.5 Å². The van der Waals surface area contributed by atoms with Crippen molar-refractivity contribution in [2.75, 3.05) is 25.0 Å². The van der Waals surface area contributed by atoms with Crippen LogP contribution in [0.25, 0.3) is 11.0 Å². The molecule has 4 aromatic rings. The van der Waals surface area contributed by atoms with Crippen molar-refractivity contribution in [1.82, 2.24) is 19.4 Å². The Bertz CT molecular complexity index is 1500. The van der Waals surface area contributed by atoms with Gasteiger partial charge in [0, 0.05) is 44.2 Å². The molecule has 0 unspecified atom stereocenters. The van der Waals surface area contributed by atoms with Gasteiger partial charge in [-0.05, 0) is 55.2 Å². The lowest BCUT2D eigenvalue weighted by molar-refractivity contribution is -0.123. The summed E-state index contributed by atoms with van der Waals surface area (Å²) < 4.78 is 14.0. The number of aryl methyl sites for hydroxylation is 1. The maximum Gasteiger partial charge on any atom is 0.208 e. The van der Waals surface area contributed by atoms with Crippen LogP contribution in [0.4, 0.5) is 11.6 Å². The van der Waals surface area contributed by atoms with Crippen molar-refractivity contribution in [1.29, 1.82) is 0 Å². The molecule has 8 nitrogen and oxygen atoms in total. The van der Waals surface area contributed by atoms with Gasteiger partial charge < -0.3 is 19.4 Å². The lowest BCUT2D eigenvalue weighted by Gasteiger charge is -2.34. The largest absolute Gasteiger partial charge is 0.457 e. The van der Waals surface area contributed by atoms with E-state index in [0.29, 0.717) is 23.7 Å². The Morgan fingerprint density at radius 3 is 2.55 bits per heavy atom. The van der Waals surface area contributed by atoms with Crippen molar-refractivity contribution in [3.63, 3.8) is 0 Å². The van der Waals surface area contributed by atoms with Crippen LogP contribution in [0.1, 0.15) is 45.9 Å². The summed E-state index contributed by atoms with van der Waals surface area (Å²) in [6.45, 7) is 12.6. The summed E-state index contributed by atoms with van der Waals surface area (Å²) >= 11 is 0. The summed E-state index contributed by atoms with van der Waals surface area (Å²) in [5.74, 6) is 2.20. The minimum Gasteiger partial charge on any atom is -0.457 e. The van der Waals surface area contributed by atoms with Crippen molar-refractivity contribution >= 4 is 28.5 Å². The van der Waals surface area contributed by atoms with Crippen LogP contribution in [0.5, 0.6) is 11.5 Å². The number of Topliss-reactive ketones (excluding diaryl/α,β-unsaturated/α-hetero) is 1. The number of benzene rings is 2. The molecule has 0 saturated carbocycles. The van der Waals surface area contributed by atoms with Gasteiger partial charge in [-0.3, -0.25) is 14.7 Å². The highest BCUT2D eigenvalue weighted by Gasteiger charge is 2.24. The normalized spacial score (nSPS) is 18.1. The highest BCUT2D eigenvalue weighted by atomic mass is 16.5. The topological polar surface area (TPSA) is 81.5 Å². The molecule has 1 fully saturated rings. The zero-order valence-electron chi connectivity index (χ0n) is 24.3. The molecule has 1 saturated heterocycles. The molecular weight excluding hydrogens is 502 g/mol. The highest BCUT2D eigenvalue weighted by Crippen LogP contribution is 2.30. The molecule has 1 N–H and O–H groups in total. The third-order valence-corrected chi connectivity index (χ3v) is 7.13. The SMILES string of the molecule is C[C@@H]1CN(CC(=O)Cc2cc(Oc3ccc4c(c3)nc(Nc3cccc(C(C)(C)C)c3)n4C)ccn2)C[C@H](C)O1. The van der Waals surface area contributed by atoms with E-state index in [4.69, 9.17) is 14.5 Å². The third kappa shape index (κ3) is 6.69. The van der Waals surface area contributed by atoms with Gasteiger partial charge in [-0.15, -0.1) is 0 Å². The first-order chi connectivity index (χ1) is 19.0. The van der Waals surface area contributed by atoms with Crippen LogP contribution in [0.15, 0.2) is 60.8 Å². The van der Waals surface area contributed by atoms with Crippen molar-refractivity contribution in [3.05, 3.63) is 72.1 Å². The Labute approximate surface area is 236 Å². The number of ether oxygens (including phenoxy) is 2. The number of nitrogens with zero attached hydrogens (tertiary/aromatic N) is 4. The summed E-state index contributed by atoms with van der Waals surface area (Å²) in [7, 11) is 2.00. The second-order valence-corrected chi connectivity index (χ2v) is 11.9. The van der Waals surface area contributed by atoms with Gasteiger partial charge in [0.15, 0.2) is 5.78 Å². The number of rotatable bonds is 8. The van der Waals surface area contributed by atoms with Gasteiger partial charge in [0.1, 0.15) is 11.5 Å². The Morgan fingerprint density at radius 1 is 1.05 bits per heavy atom. The Morgan fingerprint density at radius 2 is 1.80 bits per heavy atom. The molecule has 0 bridgehead atoms. The first-order valence-electron chi connectivity index (χ1n) is 13.9. The number of nitrogens with one attached hydrogen (secondary N) is 1. The minimum absolute atomic E-state index is 0.0660. The van der Waals surface area contributed by atoms with Crippen molar-refractivity contribution in [2.24, 2.45) is 7.05 Å². The number of carbonyl (C=O) groups excluding carboxylic acids is 1. The molecule has 0 spiro atoms. The lowest BCUT2D eigenvalue weighted by atomic mass is 9.87. The van der Waals surface area contributed by atoms with E-state index < -0.39 is 0 Å². The zero-order chi connectivity index (χ0) is 28.4. The number of aromatic nitrogens is 3. The Balaban J connectivity index is 1.26. The third-order valence-electron chi connectivity index (χ3n) is 7.13. The second-order valence-electron chi connectivity index (χ2n) is 11.9. The number of hydrogen-bond acceptors (Lipinski definition) is 7. The van der Waals surface area contributed by atoms with Gasteiger partial charge in [0.25, 0.3) is 0 Å². The molecule has 1 aliphatic rings. The van der Waals surface area contributed by atoms with Crippen LogP contribution < -0.4 is 10.1 Å². The van der Waals surface area contributed by atoms with Crippen LogP contribution in [0, 0.1) is 0 Å². The summed E-state index contributed by atoms with van der Waals surface area (Å²) in [4.78, 5) is 24.2. The Kier molecular flexibility index (Phi) is 7.92. The molecule has 2 aromatic carbocycles. The van der Waals surface area contributed by atoms with E-state index in [0.717, 1.165) is 35.8 Å². The summed E-state index contributed by atoms with van der Waals surface area (Å²) in [6, 6.07) is 17.9. The fourth-order valence-electron chi connectivity index (χ4n) is 5.22. The molecule has 2 atom stereocenters. The predicted molar refractivity (Wildman–Crippen MR) is 159 cm³/mol. The number of morpholine rings is 1. The van der Waals surface area contributed by atoms with Crippen LogP contribution in [0.2, 0.25) is 0 Å². The average molecular weight is 542 g/mol. The van der Waals surface area contributed by atoms with Gasteiger partial charge in [0.05, 0.1) is 41.9 Å². The zero-order valence-corrected chi connectivity index (χ0v) is 24.3. The molecular formula is C32H39N5O3. The van der Waals surface area contributed by atoms with Gasteiger partial charge in [-0.25, -0.2) is 4.98 Å². The van der Waals surface area contributed by atoms with E-state index >= 15 is 0 Å². The molecule has 0 radical (unpaired) electrons. The van der Waals surface area contributed by atoms with Crippen molar-refractivity contribution < 1.29 is 14.3 Å². The monoisotopic (exact) mass is 541 g/mol. The van der Waals surface area contributed by atoms with E-state index in [2.05, 4.69) is 60.2 Å². The molecule has 5 rings (SSSR count). The fraction of sp³-hybridized carbons (Fsp3) is 0.406. The molecule has 210 valence electrons. The maximum absolute atomic E-state index is 12.8. The molecule has 2 aromatic heterocycles. The maximum atomic E-state index is 12.8. The van der Waals surface area contributed by atoms with E-state index in [1.54, 1.807) is 12.3 Å². The highest BCUT2D eigenvalue weighted by molar-refractivity contribution is 5.83. The summed E-state index contributed by atoms with van der Waals surface area (Å²) in [6.07, 6.45) is 2.22. The fourth-order valence-corrected chi connectivity index (χ4v) is 5.22. The average Bonchev–Trinajstić information content (AvgIpc) is 3.17. The smallest absolute Gasteiger partial charge is 0.208 e. The molecule has 0 aliphatic carbocycles. The van der Waals surface area contributed by atoms with Crippen molar-refractivity contribution in [2.45, 2.75) is 58.7 Å². The van der Waals surface area contributed by atoms with E-state index in [1.807, 2.05) is 49.7 Å². The molecule has 3 heterocycles. The van der Waals surface area contributed by atoms with Crippen LogP contribution in [0.3, 0.4) is 0 Å². The van der Waals surface area contributed by atoms with Crippen LogP contribution in [-0.4, -0.2) is 57.1 Å². The predicted octanol–water partition coefficient (Wildman–Crippen LogP) is 6.02. The second kappa shape index (κ2) is 11.4. The van der Waals surface area contributed by atoms with E-state index in [9.17, 15) is 4.79 Å². The summed E-state index contributed by atoms with van der Waals surface area (Å²) in [5, 5.41) is 3.46. The quantitative estimate of drug-likeness (QED) is 0.292. The summed E-state index contributed by atoms with van der Waals surface area (Å²) in [5.41, 5.74) is 4.84. The van der Waals surface area contributed by atoms with Gasteiger partial charge >= 0.3 is 0 Å². The van der Waals surface area contributed by atoms with Gasteiger partial charge in [-0.1, -0.05) is 32.9 Å². The number of carbonyl (C=O) groups is 1. The lowest BCUT2D eigenvalue weighted by Crippen LogP contribution is -2.47. The van der Waals surface area contributed by atoms with Gasteiger partial charge in [-0.2, -0.15) is 0 Å². The van der Waals surface area contributed by atoms with Gasteiger partial charge in [0.2, 0.25) is 5.95 Å². The number of pyridine rings is 1. The standard InChI is InChI=1S/C32H39N5O3/c1-21-18-37(19-22(2)39-21)20-26(38)15-25-16-28(12-13-33-25)40-27-10-11-30-29(17-27)35-31(36(30)6)34-24-9-7-8-23(14-24)32(3,4)5/h7-14,16-17,21-22H,15,18-20H2,1-6H3,(H,34,35)/t21-,22+.